The molecule has 0 bridgehead atoms. The number of benzene rings is 1. The van der Waals surface area contributed by atoms with E-state index in [0.29, 0.717) is 6.54 Å². The van der Waals surface area contributed by atoms with Crippen molar-refractivity contribution in [1.82, 2.24) is 15.5 Å². The van der Waals surface area contributed by atoms with E-state index in [1.165, 1.54) is 25.9 Å². The van der Waals surface area contributed by atoms with Crippen LogP contribution in [0.4, 0.5) is 0 Å². The molecule has 0 amide bonds. The molecule has 1 aromatic carbocycles. The highest BCUT2D eigenvalue weighted by atomic mass is 127. The van der Waals surface area contributed by atoms with Gasteiger partial charge in [-0.25, -0.2) is 4.99 Å². The van der Waals surface area contributed by atoms with E-state index in [-0.39, 0.29) is 24.0 Å². The normalized spacial score (nSPS) is 16.2. The summed E-state index contributed by atoms with van der Waals surface area (Å²) in [6.07, 6.45) is 2.64. The molecule has 1 aliphatic heterocycles. The molecule has 0 atom stereocenters. The van der Waals surface area contributed by atoms with Gasteiger partial charge in [0.1, 0.15) is 5.75 Å². The van der Waals surface area contributed by atoms with E-state index in [0.717, 1.165) is 42.8 Å². The van der Waals surface area contributed by atoms with Crippen LogP contribution in [0.3, 0.4) is 0 Å². The van der Waals surface area contributed by atoms with Crippen molar-refractivity contribution in [2.45, 2.75) is 33.2 Å². The second kappa shape index (κ2) is 12.4. The third kappa shape index (κ3) is 7.81. The summed E-state index contributed by atoms with van der Waals surface area (Å²) in [4.78, 5) is 7.22. The van der Waals surface area contributed by atoms with Crippen LogP contribution in [0.25, 0.3) is 0 Å². The predicted molar refractivity (Wildman–Crippen MR) is 116 cm³/mol. The molecule has 0 aliphatic carbocycles. The Morgan fingerprint density at radius 2 is 1.96 bits per heavy atom. The molecule has 1 aliphatic rings. The number of guanidine groups is 1. The quantitative estimate of drug-likeness (QED) is 0.373. The van der Waals surface area contributed by atoms with Gasteiger partial charge in [-0.15, -0.1) is 24.0 Å². The number of ether oxygens (including phenoxy) is 1. The molecule has 1 fully saturated rings. The molecule has 1 heterocycles. The van der Waals surface area contributed by atoms with Gasteiger partial charge in [-0.05, 0) is 44.8 Å². The van der Waals surface area contributed by atoms with Gasteiger partial charge in [0.2, 0.25) is 0 Å². The molecular weight excluding hydrogens is 427 g/mol. The Balaban J connectivity index is 0.00000312. The minimum atomic E-state index is 0. The van der Waals surface area contributed by atoms with E-state index < -0.39 is 0 Å². The molecule has 6 heteroatoms. The van der Waals surface area contributed by atoms with E-state index in [4.69, 9.17) is 4.74 Å². The Labute approximate surface area is 169 Å². The zero-order valence-corrected chi connectivity index (χ0v) is 18.1. The standard InChI is InChI=1S/C19H32N4O.HI/c1-4-20-19(21-11-14-23-12-9-16(2)10-13-23)22-15-17-7-5-6-8-18(17)24-3;/h5-8,16H,4,9-15H2,1-3H3,(H2,20,21,22);1H. The first-order valence-corrected chi connectivity index (χ1v) is 9.09. The molecule has 2 N–H and O–H groups in total. The molecule has 0 radical (unpaired) electrons. The summed E-state index contributed by atoms with van der Waals surface area (Å²) in [6, 6.07) is 8.03. The number of likely N-dealkylation sites (tertiary alicyclic amines) is 1. The molecule has 1 saturated heterocycles. The van der Waals surface area contributed by atoms with Crippen LogP contribution in [0.2, 0.25) is 0 Å². The number of piperidine rings is 1. The van der Waals surface area contributed by atoms with Crippen LogP contribution in [0.5, 0.6) is 5.75 Å². The van der Waals surface area contributed by atoms with Crippen LogP contribution < -0.4 is 15.4 Å². The SMILES string of the molecule is CCNC(=NCc1ccccc1OC)NCCN1CCC(C)CC1.I. The van der Waals surface area contributed by atoms with Gasteiger partial charge in [-0.2, -0.15) is 0 Å². The van der Waals surface area contributed by atoms with Crippen LogP contribution in [-0.2, 0) is 6.54 Å². The number of nitrogens with zero attached hydrogens (tertiary/aromatic N) is 2. The van der Waals surface area contributed by atoms with Gasteiger partial charge in [0.15, 0.2) is 5.96 Å². The fourth-order valence-electron chi connectivity index (χ4n) is 2.96. The lowest BCUT2D eigenvalue weighted by Crippen LogP contribution is -2.43. The molecule has 5 nitrogen and oxygen atoms in total. The summed E-state index contributed by atoms with van der Waals surface area (Å²) in [5, 5.41) is 6.76. The minimum Gasteiger partial charge on any atom is -0.496 e. The summed E-state index contributed by atoms with van der Waals surface area (Å²) in [7, 11) is 1.70. The minimum absolute atomic E-state index is 0. The van der Waals surface area contributed by atoms with Gasteiger partial charge in [-0.3, -0.25) is 0 Å². The largest absolute Gasteiger partial charge is 0.496 e. The van der Waals surface area contributed by atoms with Crippen molar-refractivity contribution >= 4 is 29.9 Å². The number of rotatable bonds is 7. The van der Waals surface area contributed by atoms with Crippen molar-refractivity contribution in [3.8, 4) is 5.75 Å². The van der Waals surface area contributed by atoms with Gasteiger partial charge in [0, 0.05) is 25.2 Å². The number of nitrogens with one attached hydrogen (secondary N) is 2. The van der Waals surface area contributed by atoms with E-state index in [1.54, 1.807) is 7.11 Å². The zero-order chi connectivity index (χ0) is 17.2. The van der Waals surface area contributed by atoms with Crippen molar-refractivity contribution in [1.29, 1.82) is 0 Å². The van der Waals surface area contributed by atoms with E-state index in [1.807, 2.05) is 18.2 Å². The second-order valence-electron chi connectivity index (χ2n) is 6.46. The number of hydrogen-bond donors (Lipinski definition) is 2. The van der Waals surface area contributed by atoms with Gasteiger partial charge in [-0.1, -0.05) is 25.1 Å². The Morgan fingerprint density at radius 3 is 2.64 bits per heavy atom. The highest BCUT2D eigenvalue weighted by Gasteiger charge is 2.14. The molecule has 0 unspecified atom stereocenters. The van der Waals surface area contributed by atoms with Crippen LogP contribution in [0.15, 0.2) is 29.3 Å². The number of para-hydroxylation sites is 1. The summed E-state index contributed by atoms with van der Waals surface area (Å²) in [6.45, 7) is 10.3. The van der Waals surface area contributed by atoms with Crippen LogP contribution in [-0.4, -0.2) is 50.7 Å². The maximum atomic E-state index is 5.39. The summed E-state index contributed by atoms with van der Waals surface area (Å²) in [5.74, 6) is 2.64. The third-order valence-corrected chi connectivity index (χ3v) is 4.54. The van der Waals surface area contributed by atoms with Gasteiger partial charge in [0.25, 0.3) is 0 Å². The molecular formula is C19H33IN4O. The molecule has 0 saturated carbocycles. The molecule has 0 aromatic heterocycles. The second-order valence-corrected chi connectivity index (χ2v) is 6.46. The average molecular weight is 460 g/mol. The Bertz CT molecular complexity index is 516. The lowest BCUT2D eigenvalue weighted by molar-refractivity contribution is 0.195. The number of aliphatic imine (C=N–C) groups is 1. The van der Waals surface area contributed by atoms with Crippen LogP contribution in [0, 0.1) is 5.92 Å². The highest BCUT2D eigenvalue weighted by Crippen LogP contribution is 2.18. The average Bonchev–Trinajstić information content (AvgIpc) is 2.61. The predicted octanol–water partition coefficient (Wildman–Crippen LogP) is 3.10. The van der Waals surface area contributed by atoms with E-state index in [9.17, 15) is 0 Å². The molecule has 1 aromatic rings. The molecule has 25 heavy (non-hydrogen) atoms. The Kier molecular flexibility index (Phi) is 10.9. The van der Waals surface area contributed by atoms with E-state index >= 15 is 0 Å². The third-order valence-electron chi connectivity index (χ3n) is 4.54. The molecule has 142 valence electrons. The lowest BCUT2D eigenvalue weighted by Gasteiger charge is -2.30. The van der Waals surface area contributed by atoms with Crippen LogP contribution in [0.1, 0.15) is 32.3 Å². The van der Waals surface area contributed by atoms with Gasteiger partial charge in [0.05, 0.1) is 13.7 Å². The first-order valence-electron chi connectivity index (χ1n) is 9.09. The molecule has 2 rings (SSSR count). The van der Waals surface area contributed by atoms with Crippen molar-refractivity contribution in [2.24, 2.45) is 10.9 Å². The first-order chi connectivity index (χ1) is 11.7. The number of hydrogen-bond acceptors (Lipinski definition) is 3. The maximum absolute atomic E-state index is 5.39. The fourth-order valence-corrected chi connectivity index (χ4v) is 2.96. The van der Waals surface area contributed by atoms with Gasteiger partial charge < -0.3 is 20.3 Å². The summed E-state index contributed by atoms with van der Waals surface area (Å²) < 4.78 is 5.39. The van der Waals surface area contributed by atoms with Crippen molar-refractivity contribution in [3.63, 3.8) is 0 Å². The zero-order valence-electron chi connectivity index (χ0n) is 15.8. The fraction of sp³-hybridized carbons (Fsp3) is 0.632. The van der Waals surface area contributed by atoms with Crippen LogP contribution >= 0.6 is 24.0 Å². The number of halogens is 1. The van der Waals surface area contributed by atoms with Crippen molar-refractivity contribution in [3.05, 3.63) is 29.8 Å². The lowest BCUT2D eigenvalue weighted by atomic mass is 9.99. The Morgan fingerprint density at radius 1 is 1.24 bits per heavy atom. The van der Waals surface area contributed by atoms with Crippen molar-refractivity contribution < 1.29 is 4.74 Å². The molecule has 0 spiro atoms. The maximum Gasteiger partial charge on any atom is 0.191 e. The van der Waals surface area contributed by atoms with Gasteiger partial charge >= 0.3 is 0 Å². The van der Waals surface area contributed by atoms with E-state index in [2.05, 4.69) is 40.4 Å². The topological polar surface area (TPSA) is 48.9 Å². The highest BCUT2D eigenvalue weighted by molar-refractivity contribution is 14.0. The monoisotopic (exact) mass is 460 g/mol. The van der Waals surface area contributed by atoms with Crippen molar-refractivity contribution in [2.75, 3.05) is 39.8 Å². The summed E-state index contributed by atoms with van der Waals surface area (Å²) in [5.41, 5.74) is 1.10. The number of methoxy groups -OCH3 is 1. The smallest absolute Gasteiger partial charge is 0.191 e. The summed E-state index contributed by atoms with van der Waals surface area (Å²) >= 11 is 0. The first kappa shape index (κ1) is 22.0. The Hall–Kier alpha value is -1.02.